The van der Waals surface area contributed by atoms with E-state index in [1.165, 1.54) is 7.11 Å². The van der Waals surface area contributed by atoms with E-state index in [1.54, 1.807) is 24.3 Å². The first-order chi connectivity index (χ1) is 9.73. The molecule has 1 atom stereocenters. The Morgan fingerprint density at radius 1 is 1.24 bits per heavy atom. The van der Waals surface area contributed by atoms with E-state index in [-0.39, 0.29) is 0 Å². The Kier molecular flexibility index (Phi) is 6.58. The van der Waals surface area contributed by atoms with Crippen LogP contribution >= 0.6 is 34.8 Å². The minimum Gasteiger partial charge on any atom is -0.467 e. The minimum atomic E-state index is -1.72. The molecule has 1 aromatic rings. The van der Waals surface area contributed by atoms with Gasteiger partial charge in [0.1, 0.15) is 6.61 Å². The summed E-state index contributed by atoms with van der Waals surface area (Å²) in [6, 6.07) is 6.01. The maximum Gasteiger partial charge on any atom is 0.408 e. The Bertz CT molecular complexity index is 499. The van der Waals surface area contributed by atoms with Crippen LogP contribution < -0.4 is 5.32 Å². The second-order valence-electron chi connectivity index (χ2n) is 4.20. The van der Waals surface area contributed by atoms with Crippen LogP contribution in [0.25, 0.3) is 0 Å². The van der Waals surface area contributed by atoms with E-state index in [1.807, 2.05) is 6.92 Å². The summed E-state index contributed by atoms with van der Waals surface area (Å²) in [6.45, 7) is 1.46. The monoisotopic (exact) mass is 353 g/mol. The SMILES string of the molecule is COC(=O)C(NC(=O)OCC(Cl)(Cl)Cl)c1ccc(C)cc1. The highest BCUT2D eigenvalue weighted by molar-refractivity contribution is 6.67. The largest absolute Gasteiger partial charge is 0.467 e. The van der Waals surface area contributed by atoms with Crippen molar-refractivity contribution in [2.45, 2.75) is 16.8 Å². The van der Waals surface area contributed by atoms with Gasteiger partial charge in [0.15, 0.2) is 6.04 Å². The average molecular weight is 355 g/mol. The van der Waals surface area contributed by atoms with Gasteiger partial charge in [-0.3, -0.25) is 0 Å². The second-order valence-corrected chi connectivity index (χ2v) is 6.72. The fraction of sp³-hybridized carbons (Fsp3) is 0.385. The van der Waals surface area contributed by atoms with Crippen LogP contribution in [0.1, 0.15) is 17.2 Å². The quantitative estimate of drug-likeness (QED) is 0.665. The third-order valence-electron chi connectivity index (χ3n) is 2.48. The maximum absolute atomic E-state index is 11.8. The minimum absolute atomic E-state index is 0.439. The molecule has 1 N–H and O–H groups in total. The number of carbonyl (C=O) groups is 2. The number of hydrogen-bond donors (Lipinski definition) is 1. The van der Waals surface area contributed by atoms with E-state index in [0.717, 1.165) is 5.56 Å². The molecule has 116 valence electrons. The number of methoxy groups -OCH3 is 1. The molecule has 0 saturated heterocycles. The summed E-state index contributed by atoms with van der Waals surface area (Å²) in [7, 11) is 1.22. The molecule has 1 aromatic carbocycles. The van der Waals surface area contributed by atoms with Gasteiger partial charge in [-0.05, 0) is 12.5 Å². The van der Waals surface area contributed by atoms with Crippen molar-refractivity contribution in [1.82, 2.24) is 5.32 Å². The predicted molar refractivity (Wildman–Crippen MR) is 80.7 cm³/mol. The maximum atomic E-state index is 11.8. The summed E-state index contributed by atoms with van der Waals surface area (Å²) in [4.78, 5) is 23.4. The van der Waals surface area contributed by atoms with Gasteiger partial charge in [-0.2, -0.15) is 0 Å². The summed E-state index contributed by atoms with van der Waals surface area (Å²) < 4.78 is 7.66. The van der Waals surface area contributed by atoms with E-state index in [4.69, 9.17) is 39.5 Å². The van der Waals surface area contributed by atoms with Crippen LogP contribution in [-0.2, 0) is 14.3 Å². The van der Waals surface area contributed by atoms with Crippen LogP contribution in [0.3, 0.4) is 0 Å². The lowest BCUT2D eigenvalue weighted by atomic mass is 10.1. The van der Waals surface area contributed by atoms with Crippen molar-refractivity contribution >= 4 is 46.9 Å². The number of nitrogens with one attached hydrogen (secondary N) is 1. The fourth-order valence-electron chi connectivity index (χ4n) is 1.46. The number of alkyl halides is 3. The molecule has 1 unspecified atom stereocenters. The Labute approximate surface area is 137 Å². The second kappa shape index (κ2) is 7.73. The molecule has 0 bridgehead atoms. The lowest BCUT2D eigenvalue weighted by Gasteiger charge is -2.18. The van der Waals surface area contributed by atoms with E-state index in [2.05, 4.69) is 10.1 Å². The predicted octanol–water partition coefficient (Wildman–Crippen LogP) is 3.31. The summed E-state index contributed by atoms with van der Waals surface area (Å²) in [6.07, 6.45) is -0.891. The zero-order valence-electron chi connectivity index (χ0n) is 11.4. The highest BCUT2D eigenvalue weighted by atomic mass is 35.6. The number of aryl methyl sites for hydroxylation is 1. The Hall–Kier alpha value is -1.17. The highest BCUT2D eigenvalue weighted by Crippen LogP contribution is 2.26. The Morgan fingerprint density at radius 2 is 1.81 bits per heavy atom. The summed E-state index contributed by atoms with van der Waals surface area (Å²) in [5, 5.41) is 2.36. The molecule has 0 fully saturated rings. The standard InChI is InChI=1S/C13H14Cl3NO4/c1-8-3-5-9(6-4-8)10(11(18)20-2)17-12(19)21-7-13(14,15)16/h3-6,10H,7H2,1-2H3,(H,17,19). The number of amides is 1. The van der Waals surface area contributed by atoms with Crippen LogP contribution in [0.5, 0.6) is 0 Å². The molecule has 8 heteroatoms. The van der Waals surface area contributed by atoms with Crippen molar-refractivity contribution in [3.8, 4) is 0 Å². The molecular weight excluding hydrogens is 341 g/mol. The van der Waals surface area contributed by atoms with Crippen LogP contribution in [0, 0.1) is 6.92 Å². The van der Waals surface area contributed by atoms with Crippen molar-refractivity contribution in [1.29, 1.82) is 0 Å². The van der Waals surface area contributed by atoms with Gasteiger partial charge in [-0.25, -0.2) is 9.59 Å². The number of benzene rings is 1. The van der Waals surface area contributed by atoms with Crippen molar-refractivity contribution < 1.29 is 19.1 Å². The lowest BCUT2D eigenvalue weighted by molar-refractivity contribution is -0.143. The van der Waals surface area contributed by atoms with E-state index in [9.17, 15) is 9.59 Å². The molecular formula is C13H14Cl3NO4. The number of rotatable bonds is 4. The summed E-state index contributed by atoms with van der Waals surface area (Å²) in [5.41, 5.74) is 1.57. The average Bonchev–Trinajstić information content (AvgIpc) is 2.42. The first kappa shape index (κ1) is 17.9. The van der Waals surface area contributed by atoms with Gasteiger partial charge in [0.25, 0.3) is 0 Å². The lowest BCUT2D eigenvalue weighted by Crippen LogP contribution is -2.36. The van der Waals surface area contributed by atoms with Crippen molar-refractivity contribution in [2.24, 2.45) is 0 Å². The number of halogens is 3. The zero-order valence-corrected chi connectivity index (χ0v) is 13.6. The number of carbonyl (C=O) groups excluding carboxylic acids is 2. The number of esters is 1. The van der Waals surface area contributed by atoms with Crippen LogP contribution in [0.4, 0.5) is 4.79 Å². The van der Waals surface area contributed by atoms with Gasteiger partial charge >= 0.3 is 12.1 Å². The molecule has 0 radical (unpaired) electrons. The van der Waals surface area contributed by atoms with Gasteiger partial charge in [-0.15, -0.1) is 0 Å². The zero-order chi connectivity index (χ0) is 16.0. The summed E-state index contributed by atoms with van der Waals surface area (Å²) in [5.74, 6) is -0.635. The van der Waals surface area contributed by atoms with Gasteiger partial charge in [0, 0.05) is 0 Å². The molecule has 21 heavy (non-hydrogen) atoms. The fourth-order valence-corrected chi connectivity index (χ4v) is 1.63. The number of hydrogen-bond acceptors (Lipinski definition) is 4. The van der Waals surface area contributed by atoms with Crippen LogP contribution in [0.2, 0.25) is 0 Å². The number of ether oxygens (including phenoxy) is 2. The normalized spacial score (nSPS) is 12.4. The third kappa shape index (κ3) is 6.42. The van der Waals surface area contributed by atoms with Crippen molar-refractivity contribution in [3.05, 3.63) is 35.4 Å². The topological polar surface area (TPSA) is 64.6 Å². The molecule has 0 spiro atoms. The Morgan fingerprint density at radius 3 is 2.29 bits per heavy atom. The molecule has 1 amide bonds. The highest BCUT2D eigenvalue weighted by Gasteiger charge is 2.27. The smallest absolute Gasteiger partial charge is 0.408 e. The molecule has 0 heterocycles. The van der Waals surface area contributed by atoms with E-state index >= 15 is 0 Å². The molecule has 0 aliphatic rings. The van der Waals surface area contributed by atoms with E-state index in [0.29, 0.717) is 5.56 Å². The van der Waals surface area contributed by atoms with Gasteiger partial charge in [0.05, 0.1) is 7.11 Å². The molecule has 0 aromatic heterocycles. The third-order valence-corrected chi connectivity index (χ3v) is 2.80. The molecule has 0 saturated carbocycles. The first-order valence-corrected chi connectivity index (χ1v) is 7.01. The first-order valence-electron chi connectivity index (χ1n) is 5.87. The summed E-state index contributed by atoms with van der Waals surface area (Å²) >= 11 is 16.4. The molecule has 0 aliphatic heterocycles. The van der Waals surface area contributed by atoms with Crippen LogP contribution in [-0.4, -0.2) is 29.6 Å². The van der Waals surface area contributed by atoms with E-state index < -0.39 is 28.5 Å². The van der Waals surface area contributed by atoms with Crippen LogP contribution in [0.15, 0.2) is 24.3 Å². The molecule has 1 rings (SSSR count). The van der Waals surface area contributed by atoms with Crippen molar-refractivity contribution in [3.63, 3.8) is 0 Å². The van der Waals surface area contributed by atoms with Crippen molar-refractivity contribution in [2.75, 3.05) is 13.7 Å². The van der Waals surface area contributed by atoms with Gasteiger partial charge in [0.2, 0.25) is 3.79 Å². The van der Waals surface area contributed by atoms with Gasteiger partial charge in [-0.1, -0.05) is 64.6 Å². The molecule has 0 aliphatic carbocycles. The number of alkyl carbamates (subject to hydrolysis) is 1. The molecule has 5 nitrogen and oxygen atoms in total. The van der Waals surface area contributed by atoms with Gasteiger partial charge < -0.3 is 14.8 Å². The Balaban J connectivity index is 2.77.